The Kier molecular flexibility index (Phi) is 4.97. The molecule has 1 aliphatic carbocycles. The van der Waals surface area contributed by atoms with E-state index in [1.54, 1.807) is 18.2 Å². The fraction of sp³-hybridized carbons (Fsp3) is 0.381. The van der Waals surface area contributed by atoms with Crippen LogP contribution in [0.25, 0.3) is 0 Å². The van der Waals surface area contributed by atoms with Gasteiger partial charge in [0.2, 0.25) is 0 Å². The molecule has 0 aromatic heterocycles. The van der Waals surface area contributed by atoms with Crippen LogP contribution < -0.4 is 10.1 Å². The van der Waals surface area contributed by atoms with Gasteiger partial charge in [-0.05, 0) is 60.1 Å². The standard InChI is InChI=1S/C21H22F2N2O2/c22-20(23)27-17-8-9-18-15(12-17)6-3-7-19(18)24-21(26)25-11-10-14-4-1-2-5-16(14)13-25/h1-2,4-5,8-9,12,19-20H,3,6-7,10-11,13H2,(H,24,26). The zero-order valence-electron chi connectivity index (χ0n) is 15.0. The van der Waals surface area contributed by atoms with E-state index < -0.39 is 6.61 Å². The summed E-state index contributed by atoms with van der Waals surface area (Å²) < 4.78 is 29.4. The van der Waals surface area contributed by atoms with E-state index in [0.29, 0.717) is 13.1 Å². The molecular weight excluding hydrogens is 350 g/mol. The Labute approximate surface area is 157 Å². The van der Waals surface area contributed by atoms with Gasteiger partial charge in [-0.3, -0.25) is 0 Å². The lowest BCUT2D eigenvalue weighted by Gasteiger charge is -2.32. The van der Waals surface area contributed by atoms with Crippen molar-refractivity contribution in [1.29, 1.82) is 0 Å². The molecule has 6 heteroatoms. The van der Waals surface area contributed by atoms with Crippen LogP contribution in [0.5, 0.6) is 5.75 Å². The van der Waals surface area contributed by atoms with Gasteiger partial charge in [0.1, 0.15) is 5.75 Å². The van der Waals surface area contributed by atoms with Crippen LogP contribution in [-0.2, 0) is 19.4 Å². The van der Waals surface area contributed by atoms with Crippen LogP contribution in [0.15, 0.2) is 42.5 Å². The molecule has 0 saturated carbocycles. The minimum absolute atomic E-state index is 0.0738. The highest BCUT2D eigenvalue weighted by Gasteiger charge is 2.26. The van der Waals surface area contributed by atoms with E-state index in [4.69, 9.17) is 0 Å². The van der Waals surface area contributed by atoms with Gasteiger partial charge in [0.05, 0.1) is 6.04 Å². The van der Waals surface area contributed by atoms with Crippen molar-refractivity contribution in [2.45, 2.75) is 44.9 Å². The van der Waals surface area contributed by atoms with Gasteiger partial charge >= 0.3 is 12.6 Å². The Morgan fingerprint density at radius 2 is 1.93 bits per heavy atom. The molecule has 1 N–H and O–H groups in total. The molecule has 0 radical (unpaired) electrons. The van der Waals surface area contributed by atoms with Gasteiger partial charge in [0, 0.05) is 13.1 Å². The number of aryl methyl sites for hydroxylation is 1. The molecule has 0 saturated heterocycles. The van der Waals surface area contributed by atoms with E-state index in [1.165, 1.54) is 11.1 Å². The number of amides is 2. The predicted octanol–water partition coefficient (Wildman–Crippen LogP) is 4.43. The maximum Gasteiger partial charge on any atom is 0.387 e. The molecule has 142 valence electrons. The Balaban J connectivity index is 1.45. The zero-order chi connectivity index (χ0) is 18.8. The van der Waals surface area contributed by atoms with Crippen LogP contribution in [0.4, 0.5) is 13.6 Å². The number of fused-ring (bicyclic) bond motifs is 2. The third-order valence-electron chi connectivity index (χ3n) is 5.37. The maximum atomic E-state index is 12.8. The number of nitrogens with one attached hydrogen (secondary N) is 1. The molecule has 1 atom stereocenters. The monoisotopic (exact) mass is 372 g/mol. The van der Waals surface area contributed by atoms with Crippen molar-refractivity contribution < 1.29 is 18.3 Å². The van der Waals surface area contributed by atoms with Crippen molar-refractivity contribution in [2.75, 3.05) is 6.54 Å². The maximum absolute atomic E-state index is 12.8. The molecule has 4 rings (SSSR count). The van der Waals surface area contributed by atoms with Crippen molar-refractivity contribution in [1.82, 2.24) is 10.2 Å². The van der Waals surface area contributed by atoms with Crippen molar-refractivity contribution in [3.05, 3.63) is 64.7 Å². The van der Waals surface area contributed by atoms with Gasteiger partial charge in [0.25, 0.3) is 0 Å². The molecular formula is C21H22F2N2O2. The molecule has 1 unspecified atom stereocenters. The number of rotatable bonds is 3. The van der Waals surface area contributed by atoms with E-state index in [-0.39, 0.29) is 17.8 Å². The summed E-state index contributed by atoms with van der Waals surface area (Å²) >= 11 is 0. The van der Waals surface area contributed by atoms with Crippen molar-refractivity contribution in [3.63, 3.8) is 0 Å². The van der Waals surface area contributed by atoms with Crippen LogP contribution >= 0.6 is 0 Å². The fourth-order valence-electron chi connectivity index (χ4n) is 4.03. The van der Waals surface area contributed by atoms with Gasteiger partial charge in [-0.25, -0.2) is 4.79 Å². The largest absolute Gasteiger partial charge is 0.435 e. The highest BCUT2D eigenvalue weighted by atomic mass is 19.3. The third kappa shape index (κ3) is 3.89. The second kappa shape index (κ2) is 7.55. The summed E-state index contributed by atoms with van der Waals surface area (Å²) in [5, 5.41) is 3.13. The lowest BCUT2D eigenvalue weighted by molar-refractivity contribution is -0.0499. The second-order valence-corrected chi connectivity index (χ2v) is 7.07. The number of halogens is 2. The van der Waals surface area contributed by atoms with E-state index in [2.05, 4.69) is 22.2 Å². The number of urea groups is 1. The number of ether oxygens (including phenoxy) is 1. The Morgan fingerprint density at radius 3 is 2.74 bits per heavy atom. The minimum Gasteiger partial charge on any atom is -0.435 e. The SMILES string of the molecule is O=C(NC1CCCc2cc(OC(F)F)ccc21)N1CCc2ccccc2C1. The molecule has 2 aliphatic rings. The van der Waals surface area contributed by atoms with Crippen LogP contribution in [0.3, 0.4) is 0 Å². The summed E-state index contributed by atoms with van der Waals surface area (Å²) in [4.78, 5) is 14.6. The van der Waals surface area contributed by atoms with Gasteiger partial charge < -0.3 is 15.0 Å². The lowest BCUT2D eigenvalue weighted by Crippen LogP contribution is -2.44. The van der Waals surface area contributed by atoms with E-state index in [9.17, 15) is 13.6 Å². The van der Waals surface area contributed by atoms with Gasteiger partial charge in [-0.15, -0.1) is 0 Å². The molecule has 4 nitrogen and oxygen atoms in total. The highest BCUT2D eigenvalue weighted by molar-refractivity contribution is 5.75. The first-order valence-electron chi connectivity index (χ1n) is 9.30. The highest BCUT2D eigenvalue weighted by Crippen LogP contribution is 2.33. The molecule has 0 bridgehead atoms. The Bertz CT molecular complexity index is 841. The smallest absolute Gasteiger partial charge is 0.387 e. The molecule has 2 amide bonds. The summed E-state index contributed by atoms with van der Waals surface area (Å²) in [6.07, 6.45) is 3.41. The van der Waals surface area contributed by atoms with Crippen molar-refractivity contribution >= 4 is 6.03 Å². The van der Waals surface area contributed by atoms with Crippen molar-refractivity contribution in [2.24, 2.45) is 0 Å². The number of hydrogen-bond donors (Lipinski definition) is 1. The van der Waals surface area contributed by atoms with Gasteiger partial charge in [0.15, 0.2) is 0 Å². The predicted molar refractivity (Wildman–Crippen MR) is 97.8 cm³/mol. The van der Waals surface area contributed by atoms with Crippen molar-refractivity contribution in [3.8, 4) is 5.75 Å². The van der Waals surface area contributed by atoms with Gasteiger partial charge in [-0.2, -0.15) is 8.78 Å². The molecule has 0 spiro atoms. The molecule has 2 aromatic carbocycles. The molecule has 1 aliphatic heterocycles. The Morgan fingerprint density at radius 1 is 1.11 bits per heavy atom. The topological polar surface area (TPSA) is 41.6 Å². The zero-order valence-corrected chi connectivity index (χ0v) is 15.0. The summed E-state index contributed by atoms with van der Waals surface area (Å²) in [5.74, 6) is 0.170. The van der Waals surface area contributed by atoms with Crippen LogP contribution in [0.1, 0.15) is 41.1 Å². The normalized spacial score (nSPS) is 18.6. The minimum atomic E-state index is -2.83. The number of hydrogen-bond acceptors (Lipinski definition) is 2. The van der Waals surface area contributed by atoms with E-state index >= 15 is 0 Å². The summed E-state index contributed by atoms with van der Waals surface area (Å²) in [6, 6.07) is 13.0. The average molecular weight is 372 g/mol. The fourth-order valence-corrected chi connectivity index (χ4v) is 4.03. The lowest BCUT2D eigenvalue weighted by atomic mass is 9.87. The average Bonchev–Trinajstić information content (AvgIpc) is 2.67. The molecule has 2 aromatic rings. The third-order valence-corrected chi connectivity index (χ3v) is 5.37. The van der Waals surface area contributed by atoms with Crippen LogP contribution in [0.2, 0.25) is 0 Å². The van der Waals surface area contributed by atoms with E-state index in [1.807, 2.05) is 17.0 Å². The first-order chi connectivity index (χ1) is 13.1. The molecule has 27 heavy (non-hydrogen) atoms. The van der Waals surface area contributed by atoms with Crippen LogP contribution in [-0.4, -0.2) is 24.1 Å². The number of alkyl halides is 2. The number of carbonyl (C=O) groups excluding carboxylic acids is 1. The number of nitrogens with zero attached hydrogens (tertiary/aromatic N) is 1. The van der Waals surface area contributed by atoms with Gasteiger partial charge in [-0.1, -0.05) is 30.3 Å². The first-order valence-corrected chi connectivity index (χ1v) is 9.30. The Hall–Kier alpha value is -2.63. The molecule has 0 fully saturated rings. The quantitative estimate of drug-likeness (QED) is 0.866. The summed E-state index contributed by atoms with van der Waals surface area (Å²) in [7, 11) is 0. The number of carbonyl (C=O) groups is 1. The van der Waals surface area contributed by atoms with Crippen LogP contribution in [0, 0.1) is 0 Å². The second-order valence-electron chi connectivity index (χ2n) is 7.07. The van der Waals surface area contributed by atoms with E-state index in [0.717, 1.165) is 36.8 Å². The molecule has 1 heterocycles. The first kappa shape index (κ1) is 17.8. The summed E-state index contributed by atoms with van der Waals surface area (Å²) in [6.45, 7) is -1.52. The number of benzene rings is 2. The summed E-state index contributed by atoms with van der Waals surface area (Å²) in [5.41, 5.74) is 4.45.